The minimum absolute atomic E-state index is 0.0739. The summed E-state index contributed by atoms with van der Waals surface area (Å²) in [5, 5.41) is 6.98. The number of nitrogens with one attached hydrogen (secondary N) is 1. The van der Waals surface area contributed by atoms with Gasteiger partial charge in [-0.25, -0.2) is 9.97 Å². The van der Waals surface area contributed by atoms with Gasteiger partial charge in [0.05, 0.1) is 16.1 Å². The van der Waals surface area contributed by atoms with Crippen LogP contribution in [0, 0.1) is 5.92 Å². The monoisotopic (exact) mass is 369 g/mol. The van der Waals surface area contributed by atoms with Crippen molar-refractivity contribution in [3.63, 3.8) is 0 Å². The third kappa shape index (κ3) is 3.85. The van der Waals surface area contributed by atoms with Gasteiger partial charge >= 0.3 is 0 Å². The fourth-order valence-electron chi connectivity index (χ4n) is 2.82. The lowest BCUT2D eigenvalue weighted by Crippen LogP contribution is -2.35. The second-order valence-electron chi connectivity index (χ2n) is 6.33. The zero-order chi connectivity index (χ0) is 17.2. The standard InChI is InChI=1S/C19H19N3OS2/c1-12(13-8-9-13)20-17(23)11-25-19-14-5-2-3-6-15(14)21-18(22-19)16-7-4-10-24-16/h2-7,10,12-13H,8-9,11H2,1H3,(H,20,23)/t12-/m1/s1. The van der Waals surface area contributed by atoms with Crippen LogP contribution in [0.4, 0.5) is 0 Å². The second-order valence-corrected chi connectivity index (χ2v) is 8.24. The largest absolute Gasteiger partial charge is 0.353 e. The quantitative estimate of drug-likeness (QED) is 0.518. The molecule has 2 aromatic heterocycles. The summed E-state index contributed by atoms with van der Waals surface area (Å²) in [5.41, 5.74) is 0.912. The van der Waals surface area contributed by atoms with E-state index in [1.807, 2.05) is 41.8 Å². The van der Waals surface area contributed by atoms with Gasteiger partial charge in [0.2, 0.25) is 5.91 Å². The minimum Gasteiger partial charge on any atom is -0.353 e. The molecular formula is C19H19N3OS2. The maximum atomic E-state index is 12.2. The first-order valence-corrected chi connectivity index (χ1v) is 10.3. The Morgan fingerprint density at radius 3 is 2.88 bits per heavy atom. The minimum atomic E-state index is 0.0739. The number of aromatic nitrogens is 2. The van der Waals surface area contributed by atoms with Crippen LogP contribution in [0.1, 0.15) is 19.8 Å². The van der Waals surface area contributed by atoms with Crippen LogP contribution in [0.3, 0.4) is 0 Å². The van der Waals surface area contributed by atoms with E-state index in [2.05, 4.69) is 17.2 Å². The summed E-state index contributed by atoms with van der Waals surface area (Å²) in [4.78, 5) is 22.7. The van der Waals surface area contributed by atoms with Crippen LogP contribution < -0.4 is 5.32 Å². The molecule has 1 N–H and O–H groups in total. The number of hydrogen-bond acceptors (Lipinski definition) is 5. The Morgan fingerprint density at radius 1 is 1.28 bits per heavy atom. The van der Waals surface area contributed by atoms with Crippen LogP contribution in [-0.4, -0.2) is 27.7 Å². The summed E-state index contributed by atoms with van der Waals surface area (Å²) in [6, 6.07) is 12.3. The summed E-state index contributed by atoms with van der Waals surface area (Å²) in [6.45, 7) is 2.09. The average molecular weight is 370 g/mol. The highest BCUT2D eigenvalue weighted by Gasteiger charge is 2.28. The Kier molecular flexibility index (Phi) is 4.72. The zero-order valence-corrected chi connectivity index (χ0v) is 15.6. The second kappa shape index (κ2) is 7.14. The summed E-state index contributed by atoms with van der Waals surface area (Å²) < 4.78 is 0. The number of para-hydroxylation sites is 1. The highest BCUT2D eigenvalue weighted by atomic mass is 32.2. The molecule has 128 valence electrons. The molecule has 6 heteroatoms. The van der Waals surface area contributed by atoms with Crippen LogP contribution in [0.2, 0.25) is 0 Å². The third-order valence-electron chi connectivity index (χ3n) is 4.37. The molecular weight excluding hydrogens is 350 g/mol. The molecule has 4 rings (SSSR count). The number of thiophene rings is 1. The Balaban J connectivity index is 1.56. The zero-order valence-electron chi connectivity index (χ0n) is 13.9. The summed E-state index contributed by atoms with van der Waals surface area (Å²) >= 11 is 3.11. The predicted octanol–water partition coefficient (Wildman–Crippen LogP) is 4.37. The van der Waals surface area contributed by atoms with Crippen molar-refractivity contribution in [1.29, 1.82) is 0 Å². The molecule has 1 aromatic carbocycles. The van der Waals surface area contributed by atoms with E-state index < -0.39 is 0 Å². The van der Waals surface area contributed by atoms with Crippen LogP contribution in [-0.2, 0) is 4.79 Å². The van der Waals surface area contributed by atoms with Crippen molar-refractivity contribution in [2.45, 2.75) is 30.8 Å². The molecule has 1 aliphatic rings. The van der Waals surface area contributed by atoms with Crippen LogP contribution in [0.15, 0.2) is 46.8 Å². The molecule has 2 heterocycles. The van der Waals surface area contributed by atoms with Gasteiger partial charge in [-0.1, -0.05) is 36.0 Å². The fourth-order valence-corrected chi connectivity index (χ4v) is 4.30. The van der Waals surface area contributed by atoms with Crippen LogP contribution in [0.5, 0.6) is 0 Å². The van der Waals surface area contributed by atoms with Gasteiger partial charge in [0.25, 0.3) is 0 Å². The number of fused-ring (bicyclic) bond motifs is 1. The summed E-state index contributed by atoms with van der Waals surface area (Å²) in [5.74, 6) is 1.84. The number of hydrogen-bond donors (Lipinski definition) is 1. The molecule has 1 saturated carbocycles. The average Bonchev–Trinajstić information content (AvgIpc) is 3.34. The van der Waals surface area contributed by atoms with Gasteiger partial charge in [-0.15, -0.1) is 11.3 Å². The van der Waals surface area contributed by atoms with E-state index in [4.69, 9.17) is 4.98 Å². The molecule has 0 bridgehead atoms. The molecule has 0 aliphatic heterocycles. The van der Waals surface area contributed by atoms with E-state index in [-0.39, 0.29) is 11.9 Å². The van der Waals surface area contributed by atoms with E-state index in [9.17, 15) is 4.79 Å². The number of nitrogens with zero attached hydrogens (tertiary/aromatic N) is 2. The van der Waals surface area contributed by atoms with Crippen molar-refractivity contribution < 1.29 is 4.79 Å². The highest BCUT2D eigenvalue weighted by molar-refractivity contribution is 8.00. The molecule has 1 fully saturated rings. The Morgan fingerprint density at radius 2 is 2.12 bits per heavy atom. The first-order valence-electron chi connectivity index (χ1n) is 8.43. The van der Waals surface area contributed by atoms with Crippen LogP contribution in [0.25, 0.3) is 21.6 Å². The van der Waals surface area contributed by atoms with Crippen molar-refractivity contribution >= 4 is 39.9 Å². The Bertz CT molecular complexity index is 891. The lowest BCUT2D eigenvalue weighted by atomic mass is 10.2. The lowest BCUT2D eigenvalue weighted by Gasteiger charge is -2.13. The molecule has 25 heavy (non-hydrogen) atoms. The lowest BCUT2D eigenvalue weighted by molar-refractivity contribution is -0.119. The van der Waals surface area contributed by atoms with Crippen molar-refractivity contribution in [1.82, 2.24) is 15.3 Å². The SMILES string of the molecule is C[C@@H](NC(=O)CSc1nc(-c2cccs2)nc2ccccc12)C1CC1. The van der Waals surface area contributed by atoms with Crippen molar-refractivity contribution in [3.8, 4) is 10.7 Å². The highest BCUT2D eigenvalue weighted by Crippen LogP contribution is 2.33. The van der Waals surface area contributed by atoms with Gasteiger partial charge in [0.15, 0.2) is 5.82 Å². The molecule has 0 radical (unpaired) electrons. The van der Waals surface area contributed by atoms with E-state index >= 15 is 0 Å². The topological polar surface area (TPSA) is 54.9 Å². The maximum absolute atomic E-state index is 12.2. The summed E-state index contributed by atoms with van der Waals surface area (Å²) in [6.07, 6.45) is 2.46. The Hall–Kier alpha value is -1.92. The van der Waals surface area contributed by atoms with Gasteiger partial charge in [0.1, 0.15) is 5.03 Å². The number of carbonyl (C=O) groups excluding carboxylic acids is 1. The molecule has 0 unspecified atom stereocenters. The number of carbonyl (C=O) groups is 1. The fraction of sp³-hybridized carbons (Fsp3) is 0.316. The smallest absolute Gasteiger partial charge is 0.230 e. The molecule has 1 atom stereocenters. The molecule has 1 amide bonds. The number of benzene rings is 1. The van der Waals surface area contributed by atoms with Crippen LogP contribution >= 0.6 is 23.1 Å². The van der Waals surface area contributed by atoms with Crippen molar-refractivity contribution in [3.05, 3.63) is 41.8 Å². The first-order chi connectivity index (χ1) is 12.2. The molecule has 1 aliphatic carbocycles. The predicted molar refractivity (Wildman–Crippen MR) is 104 cm³/mol. The van der Waals surface area contributed by atoms with Gasteiger partial charge < -0.3 is 5.32 Å². The summed E-state index contributed by atoms with van der Waals surface area (Å²) in [7, 11) is 0. The van der Waals surface area contributed by atoms with E-state index in [1.165, 1.54) is 24.6 Å². The number of thioether (sulfide) groups is 1. The Labute approximate surface area is 155 Å². The van der Waals surface area contributed by atoms with Crippen molar-refractivity contribution in [2.75, 3.05) is 5.75 Å². The van der Waals surface area contributed by atoms with Gasteiger partial charge in [-0.2, -0.15) is 0 Å². The van der Waals surface area contributed by atoms with Gasteiger partial charge in [-0.05, 0) is 43.2 Å². The van der Waals surface area contributed by atoms with Gasteiger partial charge in [0, 0.05) is 11.4 Å². The van der Waals surface area contributed by atoms with E-state index in [1.54, 1.807) is 11.3 Å². The van der Waals surface area contributed by atoms with Gasteiger partial charge in [-0.3, -0.25) is 4.79 Å². The molecule has 3 aromatic rings. The molecule has 0 spiro atoms. The van der Waals surface area contributed by atoms with Crippen molar-refractivity contribution in [2.24, 2.45) is 5.92 Å². The maximum Gasteiger partial charge on any atom is 0.230 e. The van der Waals surface area contributed by atoms with E-state index in [0.29, 0.717) is 11.7 Å². The third-order valence-corrected chi connectivity index (χ3v) is 6.22. The first kappa shape index (κ1) is 16.5. The van der Waals surface area contributed by atoms with E-state index in [0.717, 1.165) is 26.6 Å². The normalized spacial score (nSPS) is 15.2. The number of amides is 1. The molecule has 4 nitrogen and oxygen atoms in total. The number of rotatable bonds is 6. The molecule has 0 saturated heterocycles.